The molecule has 2 aromatic rings. The molecule has 0 amide bonds. The Balaban J connectivity index is 2.05. The predicted octanol–water partition coefficient (Wildman–Crippen LogP) is 2.91. The van der Waals surface area contributed by atoms with Gasteiger partial charge in [0.15, 0.2) is 5.82 Å². The SMILES string of the molecule is CC(C)OCC(C)(N)c1noc(Cc2ccc(Cl)cc2)n1. The number of aromatic nitrogens is 2. The van der Waals surface area contributed by atoms with Crippen molar-refractivity contribution in [1.82, 2.24) is 10.1 Å². The highest BCUT2D eigenvalue weighted by molar-refractivity contribution is 6.30. The number of ether oxygens (including phenoxy) is 1. The molecule has 0 aliphatic rings. The molecular formula is C15H20ClN3O2. The molecule has 0 bridgehead atoms. The van der Waals surface area contributed by atoms with Crippen LogP contribution < -0.4 is 5.73 Å². The molecule has 1 atom stereocenters. The molecule has 0 saturated heterocycles. The van der Waals surface area contributed by atoms with Crippen LogP contribution in [0.25, 0.3) is 0 Å². The Morgan fingerprint density at radius 2 is 2.00 bits per heavy atom. The Morgan fingerprint density at radius 3 is 2.62 bits per heavy atom. The summed E-state index contributed by atoms with van der Waals surface area (Å²) in [6.07, 6.45) is 0.652. The monoisotopic (exact) mass is 309 g/mol. The highest BCUT2D eigenvalue weighted by Crippen LogP contribution is 2.18. The van der Waals surface area contributed by atoms with Gasteiger partial charge in [0, 0.05) is 5.02 Å². The van der Waals surface area contributed by atoms with E-state index in [1.165, 1.54) is 0 Å². The van der Waals surface area contributed by atoms with Gasteiger partial charge in [0.2, 0.25) is 5.89 Å². The second-order valence-corrected chi connectivity index (χ2v) is 6.03. The molecule has 1 aromatic heterocycles. The Kier molecular flexibility index (Phi) is 4.98. The molecule has 21 heavy (non-hydrogen) atoms. The summed E-state index contributed by atoms with van der Waals surface area (Å²) in [6, 6.07) is 7.51. The largest absolute Gasteiger partial charge is 0.376 e. The Morgan fingerprint density at radius 1 is 1.33 bits per heavy atom. The van der Waals surface area contributed by atoms with Crippen LogP contribution in [0.15, 0.2) is 28.8 Å². The average Bonchev–Trinajstić information content (AvgIpc) is 2.89. The molecule has 6 heteroatoms. The number of hydrogen-bond donors (Lipinski definition) is 1. The van der Waals surface area contributed by atoms with E-state index in [4.69, 9.17) is 26.6 Å². The van der Waals surface area contributed by atoms with Crippen molar-refractivity contribution in [2.24, 2.45) is 5.73 Å². The smallest absolute Gasteiger partial charge is 0.231 e. The quantitative estimate of drug-likeness (QED) is 0.888. The molecule has 1 heterocycles. The highest BCUT2D eigenvalue weighted by atomic mass is 35.5. The molecule has 2 N–H and O–H groups in total. The summed E-state index contributed by atoms with van der Waals surface area (Å²) in [5.74, 6) is 0.973. The number of hydrogen-bond acceptors (Lipinski definition) is 5. The fourth-order valence-corrected chi connectivity index (χ4v) is 1.87. The number of nitrogens with two attached hydrogens (primary N) is 1. The van der Waals surface area contributed by atoms with E-state index in [1.54, 1.807) is 0 Å². The van der Waals surface area contributed by atoms with Gasteiger partial charge in [-0.15, -0.1) is 0 Å². The highest BCUT2D eigenvalue weighted by Gasteiger charge is 2.28. The first-order valence-electron chi connectivity index (χ1n) is 6.85. The van der Waals surface area contributed by atoms with Gasteiger partial charge in [-0.25, -0.2) is 0 Å². The molecule has 1 unspecified atom stereocenters. The zero-order chi connectivity index (χ0) is 15.5. The zero-order valence-corrected chi connectivity index (χ0v) is 13.2. The number of halogens is 1. The molecule has 5 nitrogen and oxygen atoms in total. The molecule has 2 rings (SSSR count). The van der Waals surface area contributed by atoms with Crippen molar-refractivity contribution in [2.75, 3.05) is 6.61 Å². The summed E-state index contributed by atoms with van der Waals surface area (Å²) >= 11 is 5.86. The molecule has 0 aliphatic heterocycles. The van der Waals surface area contributed by atoms with Gasteiger partial charge in [0.25, 0.3) is 0 Å². The van der Waals surface area contributed by atoms with Crippen molar-refractivity contribution in [3.8, 4) is 0 Å². The average molecular weight is 310 g/mol. The van der Waals surface area contributed by atoms with Gasteiger partial charge >= 0.3 is 0 Å². The van der Waals surface area contributed by atoms with Crippen LogP contribution in [0.5, 0.6) is 0 Å². The third-order valence-electron chi connectivity index (χ3n) is 2.96. The number of benzene rings is 1. The fraction of sp³-hybridized carbons (Fsp3) is 0.467. The van der Waals surface area contributed by atoms with Crippen LogP contribution in [-0.4, -0.2) is 22.9 Å². The molecule has 1 aromatic carbocycles. The second kappa shape index (κ2) is 6.56. The Labute approximate surface area is 129 Å². The van der Waals surface area contributed by atoms with Crippen LogP contribution in [0, 0.1) is 0 Å². The number of rotatable bonds is 6. The summed E-state index contributed by atoms with van der Waals surface area (Å²) in [4.78, 5) is 4.36. The molecular weight excluding hydrogens is 290 g/mol. The summed E-state index contributed by atoms with van der Waals surface area (Å²) in [6.45, 7) is 6.08. The van der Waals surface area contributed by atoms with Gasteiger partial charge in [0.05, 0.1) is 19.1 Å². The van der Waals surface area contributed by atoms with E-state index in [0.717, 1.165) is 5.56 Å². The Bertz CT molecular complexity index is 579. The molecule has 0 aliphatic carbocycles. The minimum atomic E-state index is -0.772. The van der Waals surface area contributed by atoms with E-state index in [2.05, 4.69) is 10.1 Å². The minimum Gasteiger partial charge on any atom is -0.376 e. The van der Waals surface area contributed by atoms with Crippen molar-refractivity contribution >= 4 is 11.6 Å². The summed E-state index contributed by atoms with van der Waals surface area (Å²) in [5.41, 5.74) is 6.46. The first kappa shape index (κ1) is 15.9. The molecule has 0 spiro atoms. The summed E-state index contributed by atoms with van der Waals surface area (Å²) in [5, 5.41) is 4.66. The lowest BCUT2D eigenvalue weighted by molar-refractivity contribution is 0.0410. The third kappa shape index (κ3) is 4.52. The molecule has 0 saturated carbocycles. The molecule has 0 radical (unpaired) electrons. The van der Waals surface area contributed by atoms with Gasteiger partial charge in [-0.1, -0.05) is 28.9 Å². The van der Waals surface area contributed by atoms with Gasteiger partial charge in [-0.05, 0) is 38.5 Å². The summed E-state index contributed by atoms with van der Waals surface area (Å²) in [7, 11) is 0. The lowest BCUT2D eigenvalue weighted by atomic mass is 10.1. The van der Waals surface area contributed by atoms with Crippen LogP contribution in [0.3, 0.4) is 0 Å². The predicted molar refractivity (Wildman–Crippen MR) is 81.2 cm³/mol. The molecule has 0 fully saturated rings. The minimum absolute atomic E-state index is 0.105. The first-order chi connectivity index (χ1) is 9.87. The van der Waals surface area contributed by atoms with Crippen LogP contribution in [0.1, 0.15) is 38.0 Å². The first-order valence-corrected chi connectivity index (χ1v) is 7.22. The van der Waals surface area contributed by atoms with Crippen LogP contribution in [0.4, 0.5) is 0 Å². The van der Waals surface area contributed by atoms with Crippen molar-refractivity contribution < 1.29 is 9.26 Å². The van der Waals surface area contributed by atoms with Gasteiger partial charge in [-0.2, -0.15) is 4.98 Å². The maximum Gasteiger partial charge on any atom is 0.231 e. The summed E-state index contributed by atoms with van der Waals surface area (Å²) < 4.78 is 10.8. The van der Waals surface area contributed by atoms with E-state index < -0.39 is 5.54 Å². The van der Waals surface area contributed by atoms with E-state index in [0.29, 0.717) is 29.8 Å². The fourth-order valence-electron chi connectivity index (χ4n) is 1.74. The van der Waals surface area contributed by atoms with Crippen LogP contribution in [-0.2, 0) is 16.7 Å². The lowest BCUT2D eigenvalue weighted by Gasteiger charge is -2.21. The topological polar surface area (TPSA) is 74.2 Å². The van der Waals surface area contributed by atoms with Crippen molar-refractivity contribution in [3.05, 3.63) is 46.6 Å². The van der Waals surface area contributed by atoms with Crippen molar-refractivity contribution in [2.45, 2.75) is 38.8 Å². The standard InChI is InChI=1S/C15H20ClN3O2/c1-10(2)20-9-15(3,17)14-18-13(21-19-14)8-11-4-6-12(16)7-5-11/h4-7,10H,8-9,17H2,1-3H3. The maximum atomic E-state index is 6.19. The lowest BCUT2D eigenvalue weighted by Crippen LogP contribution is -2.40. The zero-order valence-electron chi connectivity index (χ0n) is 12.5. The third-order valence-corrected chi connectivity index (χ3v) is 3.22. The van der Waals surface area contributed by atoms with Gasteiger partial charge < -0.3 is 15.0 Å². The van der Waals surface area contributed by atoms with Crippen LogP contribution in [0.2, 0.25) is 5.02 Å². The second-order valence-electron chi connectivity index (χ2n) is 5.59. The van der Waals surface area contributed by atoms with E-state index in [1.807, 2.05) is 45.0 Å². The maximum absolute atomic E-state index is 6.19. The van der Waals surface area contributed by atoms with Crippen molar-refractivity contribution in [3.63, 3.8) is 0 Å². The number of nitrogens with zero attached hydrogens (tertiary/aromatic N) is 2. The van der Waals surface area contributed by atoms with Crippen molar-refractivity contribution in [1.29, 1.82) is 0 Å². The Hall–Kier alpha value is -1.43. The molecule has 114 valence electrons. The van der Waals surface area contributed by atoms with Crippen LogP contribution >= 0.6 is 11.6 Å². The normalized spacial score (nSPS) is 14.4. The van der Waals surface area contributed by atoms with E-state index in [-0.39, 0.29) is 6.10 Å². The van der Waals surface area contributed by atoms with Gasteiger partial charge in [0.1, 0.15) is 5.54 Å². The van der Waals surface area contributed by atoms with Gasteiger partial charge in [-0.3, -0.25) is 0 Å². The van der Waals surface area contributed by atoms with E-state index >= 15 is 0 Å². The van der Waals surface area contributed by atoms with E-state index in [9.17, 15) is 0 Å².